The molecule has 23 heteroatoms. The van der Waals surface area contributed by atoms with Crippen molar-refractivity contribution >= 4 is 63.5 Å². The topological polar surface area (TPSA) is 306 Å². The van der Waals surface area contributed by atoms with Gasteiger partial charge in [-0.1, -0.05) is 112 Å². The number of carbonyl (C=O) groups is 8. The van der Waals surface area contributed by atoms with Crippen molar-refractivity contribution < 1.29 is 72.6 Å². The second kappa shape index (κ2) is 65.0. The van der Waals surface area contributed by atoms with Gasteiger partial charge in [0.15, 0.2) is 15.8 Å². The first-order valence-electron chi connectivity index (χ1n) is 27.0. The van der Waals surface area contributed by atoms with Crippen molar-refractivity contribution in [2.75, 3.05) is 79.5 Å². The molecule has 0 saturated heterocycles. The highest BCUT2D eigenvalue weighted by Gasteiger charge is 2.21. The Balaban J connectivity index is -0.00000109. The van der Waals surface area contributed by atoms with E-state index in [9.17, 15) is 38.7 Å². The fourth-order valence-electron chi connectivity index (χ4n) is 6.15. The van der Waals surface area contributed by atoms with Crippen LogP contribution in [0.1, 0.15) is 183 Å². The van der Waals surface area contributed by atoms with E-state index in [0.717, 1.165) is 44.9 Å². The number of carboxylic acid groups (broad SMARTS) is 3. The Morgan fingerprint density at radius 2 is 0.892 bits per heavy atom. The standard InChI is InChI=1S/C41H74BN5O14.C5H13N.2C2H6.CHBO/c42-47-34(41(56)57)17-15-16-22-43-37(50)31-60-29-28-59-26-24-45-38(51)32-61-30-27-58-25-23-44-35(48)21-20-33(40(54)55)46-36(49)18-13-11-9-7-5-3-1-2-4-6-8-10-12-14-19-39(52)53;1-4-5(2)6-3;2*1-2;2-1-3/h33-34,47H,1-32H2,(H,43,50)(H,44,48)(H,45,51)(H,46,49)(H,52,53)(H,54,55)(H,56,57);5-6H,4H2,1-3H3;2*1-2H3;1H. The van der Waals surface area contributed by atoms with E-state index in [0.29, 0.717) is 38.3 Å². The molecule has 0 rings (SSSR count). The number of aliphatic carboxylic acids is 3. The molecule has 0 saturated carbocycles. The van der Waals surface area contributed by atoms with Crippen molar-refractivity contribution in [2.45, 2.75) is 201 Å². The van der Waals surface area contributed by atoms with Crippen molar-refractivity contribution in [1.29, 1.82) is 0 Å². The highest BCUT2D eigenvalue weighted by atomic mass is 16.5. The second-order valence-electron chi connectivity index (χ2n) is 16.5. The second-order valence-corrected chi connectivity index (χ2v) is 16.5. The molecule has 0 aromatic carbocycles. The molecule has 3 unspecified atom stereocenters. The number of nitrogens with one attached hydrogen (secondary N) is 6. The predicted octanol–water partition coefficient (Wildman–Crippen LogP) is 4.78. The lowest BCUT2D eigenvalue weighted by Crippen LogP contribution is -2.41. The Morgan fingerprint density at radius 1 is 0.500 bits per heavy atom. The van der Waals surface area contributed by atoms with Crippen LogP contribution in [0, 0.1) is 0 Å². The van der Waals surface area contributed by atoms with Crippen LogP contribution in [0.25, 0.3) is 0 Å². The first kappa shape index (κ1) is 78.7. The number of hydrogen-bond donors (Lipinski definition) is 9. The molecule has 0 aliphatic heterocycles. The molecule has 0 fully saturated rings. The lowest BCUT2D eigenvalue weighted by molar-refractivity contribution is -0.142. The zero-order valence-electron chi connectivity index (χ0n) is 46.5. The fraction of sp³-hybridized carbons (Fsp3) is 0.843. The third-order valence-electron chi connectivity index (χ3n) is 10.5. The Morgan fingerprint density at radius 3 is 1.27 bits per heavy atom. The third kappa shape index (κ3) is 65.9. The van der Waals surface area contributed by atoms with Gasteiger partial charge in [0.2, 0.25) is 23.6 Å². The molecule has 9 N–H and O–H groups in total. The van der Waals surface area contributed by atoms with Gasteiger partial charge in [-0.05, 0) is 58.9 Å². The summed E-state index contributed by atoms with van der Waals surface area (Å²) in [7, 11) is 11.3. The van der Waals surface area contributed by atoms with Crippen LogP contribution < -0.4 is 31.8 Å². The van der Waals surface area contributed by atoms with Gasteiger partial charge in [-0.15, -0.1) is 0 Å². The highest BCUT2D eigenvalue weighted by Crippen LogP contribution is 2.14. The van der Waals surface area contributed by atoms with Gasteiger partial charge in [0.25, 0.3) is 0 Å². The summed E-state index contributed by atoms with van der Waals surface area (Å²) in [4.78, 5) is 89.8. The highest BCUT2D eigenvalue weighted by molar-refractivity contribution is 6.48. The summed E-state index contributed by atoms with van der Waals surface area (Å²) in [6.07, 6.45) is 18.4. The molecule has 0 spiro atoms. The van der Waals surface area contributed by atoms with Gasteiger partial charge in [-0.2, -0.15) is 0 Å². The molecule has 0 aromatic heterocycles. The van der Waals surface area contributed by atoms with Crippen molar-refractivity contribution in [2.24, 2.45) is 0 Å². The van der Waals surface area contributed by atoms with Crippen LogP contribution in [-0.2, 0) is 57.3 Å². The molecule has 0 heterocycles. The number of unbranched alkanes of at least 4 members (excludes halogenated alkanes) is 14. The van der Waals surface area contributed by atoms with E-state index in [1.165, 1.54) is 44.9 Å². The molecule has 74 heavy (non-hydrogen) atoms. The van der Waals surface area contributed by atoms with Gasteiger partial charge in [-0.25, -0.2) is 4.79 Å². The molecule has 0 bridgehead atoms. The fourth-order valence-corrected chi connectivity index (χ4v) is 6.15. The minimum absolute atomic E-state index is 0.0329. The van der Waals surface area contributed by atoms with Gasteiger partial charge >= 0.3 is 17.9 Å². The lowest BCUT2D eigenvalue weighted by atomic mass is 10.0. The number of hydrogen-bond acceptors (Lipinski definition) is 14. The summed E-state index contributed by atoms with van der Waals surface area (Å²) in [6, 6.07) is -1.28. The van der Waals surface area contributed by atoms with Crippen LogP contribution in [0.4, 0.5) is 0 Å². The Hall–Kier alpha value is -4.15. The molecule has 0 aromatic rings. The monoisotopic (exact) mass is 1060 g/mol. The molecule has 4 radical (unpaired) electrons. The molecule has 430 valence electrons. The van der Waals surface area contributed by atoms with Gasteiger partial charge in [0.1, 0.15) is 19.3 Å². The van der Waals surface area contributed by atoms with Crippen molar-refractivity contribution in [1.82, 2.24) is 31.8 Å². The largest absolute Gasteiger partial charge is 0.481 e. The van der Waals surface area contributed by atoms with Crippen molar-refractivity contribution in [3.63, 3.8) is 0 Å². The number of carbonyl (C=O) groups excluding carboxylic acids is 5. The zero-order chi connectivity index (χ0) is 56.9. The van der Waals surface area contributed by atoms with E-state index in [4.69, 9.17) is 41.9 Å². The van der Waals surface area contributed by atoms with Crippen LogP contribution in [0.15, 0.2) is 0 Å². The van der Waals surface area contributed by atoms with E-state index < -0.39 is 30.0 Å². The van der Waals surface area contributed by atoms with Crippen LogP contribution in [0.2, 0.25) is 0 Å². The summed E-state index contributed by atoms with van der Waals surface area (Å²) in [5.74, 6) is -4.25. The SMILES string of the molecule is CC.CC.CCC(C)NC.[B]C=O.[B]NC(CCCCNC(=O)COCCOCCNC(=O)COCCOCCNC(=O)CCC(NC(=O)CCCCCCCCCCCCCCCCC(=O)O)C(=O)O)C(=O)O. The Labute approximate surface area is 447 Å². The summed E-state index contributed by atoms with van der Waals surface area (Å²) in [5.41, 5.74) is 0. The summed E-state index contributed by atoms with van der Waals surface area (Å²) >= 11 is 0. The van der Waals surface area contributed by atoms with Gasteiger partial charge < -0.3 is 70.9 Å². The van der Waals surface area contributed by atoms with Crippen molar-refractivity contribution in [3.8, 4) is 0 Å². The molecule has 21 nitrogen and oxygen atoms in total. The van der Waals surface area contributed by atoms with Gasteiger partial charge in [0.05, 0.1) is 51.9 Å². The first-order chi connectivity index (χ1) is 35.7. The zero-order valence-corrected chi connectivity index (χ0v) is 46.5. The van der Waals surface area contributed by atoms with Crippen LogP contribution in [-0.4, -0.2) is 177 Å². The van der Waals surface area contributed by atoms with Gasteiger partial charge in [-0.3, -0.25) is 28.8 Å². The average molecular weight is 1060 g/mol. The van der Waals surface area contributed by atoms with E-state index in [1.54, 1.807) is 0 Å². The molecule has 4 amide bonds. The van der Waals surface area contributed by atoms with Crippen molar-refractivity contribution in [3.05, 3.63) is 0 Å². The maximum absolute atomic E-state index is 12.3. The normalized spacial score (nSPS) is 11.4. The molecular formula is C51H100B2N6O15. The minimum Gasteiger partial charge on any atom is -0.481 e. The molecule has 0 aliphatic carbocycles. The first-order valence-corrected chi connectivity index (χ1v) is 27.0. The predicted molar refractivity (Wildman–Crippen MR) is 291 cm³/mol. The smallest absolute Gasteiger partial charge is 0.326 e. The maximum Gasteiger partial charge on any atom is 0.326 e. The molecule has 0 aliphatic rings. The Kier molecular flexibility index (Phi) is 69.1. The van der Waals surface area contributed by atoms with Crippen LogP contribution in [0.5, 0.6) is 0 Å². The van der Waals surface area contributed by atoms with Crippen LogP contribution in [0.3, 0.4) is 0 Å². The van der Waals surface area contributed by atoms with Gasteiger partial charge in [0, 0.05) is 44.9 Å². The third-order valence-corrected chi connectivity index (χ3v) is 10.5. The summed E-state index contributed by atoms with van der Waals surface area (Å²) in [6.45, 7) is 14.1. The minimum atomic E-state index is -1.19. The van der Waals surface area contributed by atoms with E-state index in [1.807, 2.05) is 34.7 Å². The number of carboxylic acids is 3. The maximum atomic E-state index is 12.3. The number of ether oxygens (including phenoxy) is 4. The van der Waals surface area contributed by atoms with Crippen LogP contribution >= 0.6 is 0 Å². The van der Waals surface area contributed by atoms with E-state index in [-0.39, 0.29) is 121 Å². The quantitative estimate of drug-likeness (QED) is 0.0225. The Bertz CT molecular complexity index is 1340. The molecular weight excluding hydrogens is 958 g/mol. The summed E-state index contributed by atoms with van der Waals surface area (Å²) < 4.78 is 21.2. The lowest BCUT2D eigenvalue weighted by Gasteiger charge is -2.14. The van der Waals surface area contributed by atoms with E-state index >= 15 is 0 Å². The van der Waals surface area contributed by atoms with E-state index in [2.05, 4.69) is 53.5 Å². The number of amides is 4. The average Bonchev–Trinajstić information content (AvgIpc) is 3.38. The summed E-state index contributed by atoms with van der Waals surface area (Å²) in [5, 5.41) is 42.9. The molecule has 3 atom stereocenters. The number of rotatable bonds is 47.